The van der Waals surface area contributed by atoms with Gasteiger partial charge in [0, 0.05) is 45.5 Å². The first-order chi connectivity index (χ1) is 13.7. The zero-order chi connectivity index (χ0) is 19.3. The van der Waals surface area contributed by atoms with Crippen molar-refractivity contribution in [3.63, 3.8) is 0 Å². The number of ether oxygens (including phenoxy) is 1. The largest absolute Gasteiger partial charge is 0.376 e. The van der Waals surface area contributed by atoms with E-state index in [1.54, 1.807) is 29.3 Å². The summed E-state index contributed by atoms with van der Waals surface area (Å²) in [6.45, 7) is 3.91. The maximum atomic E-state index is 13.9. The molecule has 1 unspecified atom stereocenters. The molecule has 2 aliphatic rings. The Hall–Kier alpha value is -2.67. The molecule has 1 N–H and O–H groups in total. The number of hydrogen-bond acceptors (Lipinski definition) is 5. The number of rotatable bonds is 5. The molecule has 0 radical (unpaired) electrons. The summed E-state index contributed by atoms with van der Waals surface area (Å²) in [5, 5.41) is 3.26. The normalized spacial score (nSPS) is 19.7. The van der Waals surface area contributed by atoms with Gasteiger partial charge in [0.1, 0.15) is 11.6 Å². The van der Waals surface area contributed by atoms with E-state index >= 15 is 0 Å². The van der Waals surface area contributed by atoms with Crippen molar-refractivity contribution in [2.45, 2.75) is 18.9 Å². The molecule has 2 aliphatic heterocycles. The molecule has 2 saturated heterocycles. The van der Waals surface area contributed by atoms with E-state index in [4.69, 9.17) is 4.74 Å². The van der Waals surface area contributed by atoms with Crippen molar-refractivity contribution < 1.29 is 13.9 Å². The smallest absolute Gasteiger partial charge is 0.255 e. The van der Waals surface area contributed by atoms with Gasteiger partial charge in [0.2, 0.25) is 0 Å². The van der Waals surface area contributed by atoms with Crippen LogP contribution in [-0.4, -0.2) is 61.2 Å². The summed E-state index contributed by atoms with van der Waals surface area (Å²) in [6, 6.07) is 10.4. The van der Waals surface area contributed by atoms with Crippen LogP contribution < -0.4 is 10.2 Å². The standard InChI is InChI=1S/C21H25FN4O2/c22-18-5-1-2-6-19(18)25-9-11-26(12-10-25)21(27)16-7-8-20(23-14-16)24-15-17-4-3-13-28-17/h1-2,5-8,14,17H,3-4,9-13,15H2,(H,23,24). The number of carbonyl (C=O) groups excluding carboxylic acids is 1. The Labute approximate surface area is 164 Å². The van der Waals surface area contributed by atoms with Gasteiger partial charge in [-0.2, -0.15) is 0 Å². The van der Waals surface area contributed by atoms with Crippen molar-refractivity contribution in [1.82, 2.24) is 9.88 Å². The Bertz CT molecular complexity index is 800. The number of amides is 1. The number of nitrogens with zero attached hydrogens (tertiary/aromatic N) is 3. The molecule has 7 heteroatoms. The van der Waals surface area contributed by atoms with Gasteiger partial charge in [0.05, 0.1) is 17.4 Å². The number of halogens is 1. The van der Waals surface area contributed by atoms with Crippen LogP contribution in [0.2, 0.25) is 0 Å². The highest BCUT2D eigenvalue weighted by Gasteiger charge is 2.23. The van der Waals surface area contributed by atoms with Crippen LogP contribution in [-0.2, 0) is 4.74 Å². The number of anilines is 2. The monoisotopic (exact) mass is 384 g/mol. The predicted molar refractivity (Wildman–Crippen MR) is 106 cm³/mol. The molecule has 4 rings (SSSR count). The molecule has 1 aromatic heterocycles. The molecular formula is C21H25FN4O2. The predicted octanol–water partition coefficient (Wildman–Crippen LogP) is 2.77. The molecule has 1 atom stereocenters. The molecule has 3 heterocycles. The van der Waals surface area contributed by atoms with E-state index < -0.39 is 0 Å². The zero-order valence-electron chi connectivity index (χ0n) is 15.8. The van der Waals surface area contributed by atoms with Gasteiger partial charge < -0.3 is 19.9 Å². The molecule has 0 bridgehead atoms. The first kappa shape index (κ1) is 18.7. The number of hydrogen-bond donors (Lipinski definition) is 1. The summed E-state index contributed by atoms with van der Waals surface area (Å²) in [4.78, 5) is 20.9. The van der Waals surface area contributed by atoms with Crippen molar-refractivity contribution in [3.05, 3.63) is 54.0 Å². The fourth-order valence-corrected chi connectivity index (χ4v) is 3.69. The van der Waals surface area contributed by atoms with Crippen molar-refractivity contribution >= 4 is 17.4 Å². The van der Waals surface area contributed by atoms with Crippen LogP contribution in [0.4, 0.5) is 15.9 Å². The van der Waals surface area contributed by atoms with Gasteiger partial charge in [-0.3, -0.25) is 4.79 Å². The quantitative estimate of drug-likeness (QED) is 0.859. The van der Waals surface area contributed by atoms with E-state index in [0.717, 1.165) is 31.8 Å². The van der Waals surface area contributed by atoms with Crippen molar-refractivity contribution in [2.24, 2.45) is 0 Å². The first-order valence-electron chi connectivity index (χ1n) is 9.81. The van der Waals surface area contributed by atoms with Gasteiger partial charge in [-0.25, -0.2) is 9.37 Å². The van der Waals surface area contributed by atoms with E-state index in [1.807, 2.05) is 17.0 Å². The van der Waals surface area contributed by atoms with E-state index in [-0.39, 0.29) is 17.8 Å². The number of carbonyl (C=O) groups is 1. The fraction of sp³-hybridized carbons (Fsp3) is 0.429. The van der Waals surface area contributed by atoms with Gasteiger partial charge in [-0.1, -0.05) is 12.1 Å². The minimum atomic E-state index is -0.224. The lowest BCUT2D eigenvalue weighted by Gasteiger charge is -2.36. The van der Waals surface area contributed by atoms with Crippen LogP contribution in [0.5, 0.6) is 0 Å². The number of nitrogens with one attached hydrogen (secondary N) is 1. The minimum Gasteiger partial charge on any atom is -0.376 e. The van der Waals surface area contributed by atoms with Gasteiger partial charge >= 0.3 is 0 Å². The van der Waals surface area contributed by atoms with E-state index in [0.29, 0.717) is 37.4 Å². The van der Waals surface area contributed by atoms with Crippen molar-refractivity contribution in [1.29, 1.82) is 0 Å². The summed E-state index contributed by atoms with van der Waals surface area (Å²) in [6.07, 6.45) is 4.04. The van der Waals surface area contributed by atoms with Crippen LogP contribution in [0.25, 0.3) is 0 Å². The second-order valence-electron chi connectivity index (χ2n) is 7.18. The van der Waals surface area contributed by atoms with Gasteiger partial charge in [0.25, 0.3) is 5.91 Å². The molecule has 148 valence electrons. The van der Waals surface area contributed by atoms with Crippen molar-refractivity contribution in [2.75, 3.05) is 49.5 Å². The van der Waals surface area contributed by atoms with Crippen LogP contribution in [0.3, 0.4) is 0 Å². The molecule has 0 saturated carbocycles. The van der Waals surface area contributed by atoms with Crippen LogP contribution >= 0.6 is 0 Å². The highest BCUT2D eigenvalue weighted by Crippen LogP contribution is 2.21. The minimum absolute atomic E-state index is 0.0358. The summed E-state index contributed by atoms with van der Waals surface area (Å²) >= 11 is 0. The molecule has 0 spiro atoms. The van der Waals surface area contributed by atoms with Crippen LogP contribution in [0.15, 0.2) is 42.6 Å². The van der Waals surface area contributed by atoms with Gasteiger partial charge in [0.15, 0.2) is 0 Å². The molecule has 2 fully saturated rings. The third-order valence-electron chi connectivity index (χ3n) is 5.31. The van der Waals surface area contributed by atoms with E-state index in [2.05, 4.69) is 10.3 Å². The third-order valence-corrected chi connectivity index (χ3v) is 5.31. The number of aromatic nitrogens is 1. The Kier molecular flexibility index (Phi) is 5.71. The fourth-order valence-electron chi connectivity index (χ4n) is 3.69. The molecule has 1 amide bonds. The first-order valence-corrected chi connectivity index (χ1v) is 9.81. The zero-order valence-corrected chi connectivity index (χ0v) is 15.8. The average Bonchev–Trinajstić information content (AvgIpc) is 3.26. The number of pyridine rings is 1. The van der Waals surface area contributed by atoms with E-state index in [9.17, 15) is 9.18 Å². The number of piperazine rings is 1. The van der Waals surface area contributed by atoms with Gasteiger partial charge in [-0.15, -0.1) is 0 Å². The highest BCUT2D eigenvalue weighted by molar-refractivity contribution is 5.94. The molecule has 2 aromatic rings. The Balaban J connectivity index is 1.30. The number of benzene rings is 1. The van der Waals surface area contributed by atoms with E-state index in [1.165, 1.54) is 6.07 Å². The lowest BCUT2D eigenvalue weighted by Crippen LogP contribution is -2.49. The Morgan fingerprint density at radius 2 is 2.00 bits per heavy atom. The topological polar surface area (TPSA) is 57.7 Å². The molecule has 0 aliphatic carbocycles. The SMILES string of the molecule is O=C(c1ccc(NCC2CCCO2)nc1)N1CCN(c2ccccc2F)CC1. The van der Waals surface area contributed by atoms with Crippen LogP contribution in [0.1, 0.15) is 23.2 Å². The number of para-hydroxylation sites is 1. The van der Waals surface area contributed by atoms with Crippen LogP contribution in [0, 0.1) is 5.82 Å². The average molecular weight is 384 g/mol. The molecule has 1 aromatic carbocycles. The summed E-state index contributed by atoms with van der Waals surface area (Å²) in [5.74, 6) is 0.486. The lowest BCUT2D eigenvalue weighted by molar-refractivity contribution is 0.0746. The Morgan fingerprint density at radius 3 is 2.68 bits per heavy atom. The second kappa shape index (κ2) is 8.56. The summed E-state index contributed by atoms with van der Waals surface area (Å²) < 4.78 is 19.5. The van der Waals surface area contributed by atoms with Gasteiger partial charge in [-0.05, 0) is 37.1 Å². The summed E-state index contributed by atoms with van der Waals surface area (Å²) in [5.41, 5.74) is 1.17. The second-order valence-corrected chi connectivity index (χ2v) is 7.18. The lowest BCUT2D eigenvalue weighted by atomic mass is 10.2. The maximum absolute atomic E-state index is 13.9. The molecule has 6 nitrogen and oxygen atoms in total. The maximum Gasteiger partial charge on any atom is 0.255 e. The Morgan fingerprint density at radius 1 is 1.18 bits per heavy atom. The third kappa shape index (κ3) is 4.25. The highest BCUT2D eigenvalue weighted by atomic mass is 19.1. The molecular weight excluding hydrogens is 359 g/mol. The summed E-state index contributed by atoms with van der Waals surface area (Å²) in [7, 11) is 0. The van der Waals surface area contributed by atoms with Crippen molar-refractivity contribution in [3.8, 4) is 0 Å². The molecule has 28 heavy (non-hydrogen) atoms.